The molecule has 3 heteroatoms. The molecule has 1 N–H and O–H groups in total. The van der Waals surface area contributed by atoms with Crippen molar-refractivity contribution in [2.45, 2.75) is 65.6 Å². The molecule has 19 heavy (non-hydrogen) atoms. The van der Waals surface area contributed by atoms with Crippen LogP contribution in [0.15, 0.2) is 0 Å². The van der Waals surface area contributed by atoms with Crippen molar-refractivity contribution in [2.75, 3.05) is 26.2 Å². The third-order valence-electron chi connectivity index (χ3n) is 4.96. The molecule has 112 valence electrons. The van der Waals surface area contributed by atoms with E-state index >= 15 is 0 Å². The lowest BCUT2D eigenvalue weighted by molar-refractivity contribution is 0.0464. The fraction of sp³-hybridized carbons (Fsp3) is 1.00. The predicted molar refractivity (Wildman–Crippen MR) is 80.4 cm³/mol. The zero-order valence-electron chi connectivity index (χ0n) is 13.4. The Bertz CT molecular complexity index is 287. The number of ether oxygens (including phenoxy) is 1. The van der Waals surface area contributed by atoms with Gasteiger partial charge in [0.05, 0.1) is 6.10 Å². The van der Waals surface area contributed by atoms with Crippen molar-refractivity contribution < 1.29 is 4.74 Å². The highest BCUT2D eigenvalue weighted by Gasteiger charge is 2.35. The minimum atomic E-state index is 0.342. The summed E-state index contributed by atoms with van der Waals surface area (Å²) >= 11 is 0. The lowest BCUT2D eigenvalue weighted by Crippen LogP contribution is -2.60. The van der Waals surface area contributed by atoms with E-state index in [2.05, 4.69) is 44.8 Å². The van der Waals surface area contributed by atoms with Crippen LogP contribution in [0.1, 0.15) is 47.5 Å². The first-order chi connectivity index (χ1) is 8.91. The van der Waals surface area contributed by atoms with Gasteiger partial charge in [0, 0.05) is 38.3 Å². The fourth-order valence-corrected chi connectivity index (χ4v) is 3.41. The summed E-state index contributed by atoms with van der Waals surface area (Å²) < 4.78 is 5.84. The lowest BCUT2D eigenvalue weighted by Gasteiger charge is -2.45. The quantitative estimate of drug-likeness (QED) is 0.851. The number of nitrogens with one attached hydrogen (secondary N) is 1. The van der Waals surface area contributed by atoms with Gasteiger partial charge in [-0.25, -0.2) is 0 Å². The molecular formula is C16H32N2O. The van der Waals surface area contributed by atoms with Crippen LogP contribution >= 0.6 is 0 Å². The second-order valence-corrected chi connectivity index (χ2v) is 7.50. The van der Waals surface area contributed by atoms with E-state index in [4.69, 9.17) is 4.74 Å². The van der Waals surface area contributed by atoms with Crippen LogP contribution in [0.3, 0.4) is 0 Å². The fourth-order valence-electron chi connectivity index (χ4n) is 3.41. The Kier molecular flexibility index (Phi) is 4.91. The molecule has 4 atom stereocenters. The van der Waals surface area contributed by atoms with Crippen molar-refractivity contribution in [3.8, 4) is 0 Å². The van der Waals surface area contributed by atoms with Crippen LogP contribution in [-0.2, 0) is 4.74 Å². The van der Waals surface area contributed by atoms with Crippen molar-refractivity contribution in [3.63, 3.8) is 0 Å². The molecule has 2 fully saturated rings. The topological polar surface area (TPSA) is 24.5 Å². The molecule has 2 rings (SSSR count). The molecule has 2 saturated heterocycles. The highest BCUT2D eigenvalue weighted by atomic mass is 16.5. The molecule has 0 saturated carbocycles. The number of piperazine rings is 1. The molecule has 0 aliphatic carbocycles. The molecule has 4 unspecified atom stereocenters. The Hall–Kier alpha value is -0.120. The van der Waals surface area contributed by atoms with E-state index in [9.17, 15) is 0 Å². The normalized spacial score (nSPS) is 37.7. The van der Waals surface area contributed by atoms with Crippen molar-refractivity contribution in [1.82, 2.24) is 10.2 Å². The summed E-state index contributed by atoms with van der Waals surface area (Å²) in [6.07, 6.45) is 2.90. The minimum absolute atomic E-state index is 0.342. The van der Waals surface area contributed by atoms with Crippen LogP contribution in [-0.4, -0.2) is 49.3 Å². The standard InChI is InChI=1S/C16H32N2O/c1-6-14-13(7-8-19-14)10-18-11-15(16(3,4)5)17-9-12(18)2/h12-15,17H,6-11H2,1-5H3. The Morgan fingerprint density at radius 3 is 2.68 bits per heavy atom. The zero-order chi connectivity index (χ0) is 14.0. The molecule has 0 radical (unpaired) electrons. The summed E-state index contributed by atoms with van der Waals surface area (Å²) in [7, 11) is 0. The first kappa shape index (κ1) is 15.3. The van der Waals surface area contributed by atoms with Crippen molar-refractivity contribution >= 4 is 0 Å². The van der Waals surface area contributed by atoms with E-state index in [-0.39, 0.29) is 0 Å². The molecular weight excluding hydrogens is 236 g/mol. The van der Waals surface area contributed by atoms with Crippen LogP contribution in [0.5, 0.6) is 0 Å². The van der Waals surface area contributed by atoms with Gasteiger partial charge in [0.2, 0.25) is 0 Å². The first-order valence-corrected chi connectivity index (χ1v) is 8.00. The SMILES string of the molecule is CCC1OCCC1CN1CC(C(C)(C)C)NCC1C. The van der Waals surface area contributed by atoms with Crippen molar-refractivity contribution in [2.24, 2.45) is 11.3 Å². The van der Waals surface area contributed by atoms with Crippen LogP contribution < -0.4 is 5.32 Å². The van der Waals surface area contributed by atoms with E-state index in [1.54, 1.807) is 0 Å². The summed E-state index contributed by atoms with van der Waals surface area (Å²) in [6.45, 7) is 16.1. The molecule has 3 nitrogen and oxygen atoms in total. The molecule has 0 aromatic heterocycles. The number of hydrogen-bond donors (Lipinski definition) is 1. The molecule has 0 aromatic carbocycles. The average molecular weight is 268 g/mol. The zero-order valence-corrected chi connectivity index (χ0v) is 13.4. The molecule has 0 spiro atoms. The van der Waals surface area contributed by atoms with Crippen LogP contribution in [0.2, 0.25) is 0 Å². The molecule has 0 bridgehead atoms. The Labute approximate surface area is 119 Å². The summed E-state index contributed by atoms with van der Waals surface area (Å²) in [6, 6.07) is 1.25. The van der Waals surface area contributed by atoms with E-state index in [0.29, 0.717) is 23.6 Å². The third kappa shape index (κ3) is 3.71. The summed E-state index contributed by atoms with van der Waals surface area (Å²) in [5, 5.41) is 3.72. The second kappa shape index (κ2) is 6.11. The maximum absolute atomic E-state index is 5.84. The van der Waals surface area contributed by atoms with Gasteiger partial charge in [0.15, 0.2) is 0 Å². The van der Waals surface area contributed by atoms with E-state index < -0.39 is 0 Å². The van der Waals surface area contributed by atoms with Gasteiger partial charge < -0.3 is 10.1 Å². The Morgan fingerprint density at radius 2 is 2.05 bits per heavy atom. The molecule has 2 heterocycles. The second-order valence-electron chi connectivity index (χ2n) is 7.50. The van der Waals surface area contributed by atoms with E-state index in [1.165, 1.54) is 19.5 Å². The van der Waals surface area contributed by atoms with Crippen LogP contribution in [0.4, 0.5) is 0 Å². The van der Waals surface area contributed by atoms with Gasteiger partial charge in [-0.05, 0) is 31.1 Å². The van der Waals surface area contributed by atoms with Gasteiger partial charge in [0.1, 0.15) is 0 Å². The predicted octanol–water partition coefficient (Wildman–Crippen LogP) is 2.51. The van der Waals surface area contributed by atoms with Crippen LogP contribution in [0.25, 0.3) is 0 Å². The lowest BCUT2D eigenvalue weighted by atomic mass is 9.84. The molecule has 0 amide bonds. The molecule has 2 aliphatic rings. The first-order valence-electron chi connectivity index (χ1n) is 8.00. The van der Waals surface area contributed by atoms with Gasteiger partial charge in [-0.1, -0.05) is 27.7 Å². The maximum atomic E-state index is 5.84. The van der Waals surface area contributed by atoms with Crippen LogP contribution in [0, 0.1) is 11.3 Å². The highest BCUT2D eigenvalue weighted by Crippen LogP contribution is 2.28. The minimum Gasteiger partial charge on any atom is -0.378 e. The monoisotopic (exact) mass is 268 g/mol. The van der Waals surface area contributed by atoms with Gasteiger partial charge in [-0.15, -0.1) is 0 Å². The van der Waals surface area contributed by atoms with Gasteiger partial charge in [-0.3, -0.25) is 4.90 Å². The Balaban J connectivity index is 1.94. The largest absolute Gasteiger partial charge is 0.378 e. The summed E-state index contributed by atoms with van der Waals surface area (Å²) in [5.74, 6) is 0.742. The smallest absolute Gasteiger partial charge is 0.0613 e. The molecule has 0 aromatic rings. The number of rotatable bonds is 3. The summed E-state index contributed by atoms with van der Waals surface area (Å²) in [4.78, 5) is 2.69. The highest BCUT2D eigenvalue weighted by molar-refractivity contribution is 4.92. The van der Waals surface area contributed by atoms with E-state index in [0.717, 1.165) is 25.5 Å². The van der Waals surface area contributed by atoms with Gasteiger partial charge in [-0.2, -0.15) is 0 Å². The van der Waals surface area contributed by atoms with E-state index in [1.807, 2.05) is 0 Å². The number of hydrogen-bond acceptors (Lipinski definition) is 3. The van der Waals surface area contributed by atoms with Crippen molar-refractivity contribution in [1.29, 1.82) is 0 Å². The molecule has 2 aliphatic heterocycles. The Morgan fingerprint density at radius 1 is 1.32 bits per heavy atom. The van der Waals surface area contributed by atoms with Crippen molar-refractivity contribution in [3.05, 3.63) is 0 Å². The van der Waals surface area contributed by atoms with Gasteiger partial charge in [0.25, 0.3) is 0 Å². The number of nitrogens with zero attached hydrogens (tertiary/aromatic N) is 1. The summed E-state index contributed by atoms with van der Waals surface area (Å²) in [5.41, 5.74) is 0.342. The third-order valence-corrected chi connectivity index (χ3v) is 4.96. The van der Waals surface area contributed by atoms with Gasteiger partial charge >= 0.3 is 0 Å². The maximum Gasteiger partial charge on any atom is 0.0613 e. The average Bonchev–Trinajstić information content (AvgIpc) is 2.77.